The van der Waals surface area contributed by atoms with Gasteiger partial charge in [0, 0.05) is 48.0 Å². The summed E-state index contributed by atoms with van der Waals surface area (Å²) in [4.78, 5) is 9.80. The van der Waals surface area contributed by atoms with Crippen molar-refractivity contribution < 1.29 is 0 Å². The molecule has 0 radical (unpaired) electrons. The lowest BCUT2D eigenvalue weighted by Gasteiger charge is -2.28. The van der Waals surface area contributed by atoms with Crippen molar-refractivity contribution in [2.75, 3.05) is 6.54 Å². The minimum Gasteiger partial charge on any atom is -0.334 e. The minimum absolute atomic E-state index is 0.581. The summed E-state index contributed by atoms with van der Waals surface area (Å²) in [6.07, 6.45) is 2.91. The summed E-state index contributed by atoms with van der Waals surface area (Å²) in [6.45, 7) is 2.93. The molecule has 0 fully saturated rings. The Morgan fingerprint density at radius 1 is 1.37 bits per heavy atom. The molecule has 0 saturated carbocycles. The van der Waals surface area contributed by atoms with Crippen LogP contribution in [0, 0.1) is 4.77 Å². The summed E-state index contributed by atoms with van der Waals surface area (Å²) in [6, 6.07) is 8.38. The molecule has 2 aromatic rings. The summed E-state index contributed by atoms with van der Waals surface area (Å²) in [7, 11) is 0. The van der Waals surface area contributed by atoms with Gasteiger partial charge in [-0.2, -0.15) is 0 Å². The fourth-order valence-corrected chi connectivity index (χ4v) is 2.99. The van der Waals surface area contributed by atoms with E-state index in [0.29, 0.717) is 4.77 Å². The molecule has 3 rings (SSSR count). The molecule has 1 aliphatic heterocycles. The molecule has 0 atom stereocenters. The van der Waals surface area contributed by atoms with E-state index in [0.717, 1.165) is 26.1 Å². The number of nitrogens with one attached hydrogen (secondary N) is 1. The van der Waals surface area contributed by atoms with E-state index in [1.807, 2.05) is 12.3 Å². The van der Waals surface area contributed by atoms with Crippen LogP contribution in [-0.2, 0) is 19.5 Å². The predicted octanol–water partition coefficient (Wildman–Crippen LogP) is 3.46. The molecule has 1 aromatic carbocycles. The van der Waals surface area contributed by atoms with E-state index in [2.05, 4.69) is 49.0 Å². The highest BCUT2D eigenvalue weighted by Gasteiger charge is 2.17. The van der Waals surface area contributed by atoms with E-state index in [4.69, 9.17) is 12.2 Å². The first kappa shape index (κ1) is 13.0. The van der Waals surface area contributed by atoms with Crippen molar-refractivity contribution in [3.05, 3.63) is 56.5 Å². The number of hydrogen-bond acceptors (Lipinski definition) is 3. The lowest BCUT2D eigenvalue weighted by Crippen LogP contribution is -2.31. The number of nitrogens with zero attached hydrogens (tertiary/aromatic N) is 2. The van der Waals surface area contributed by atoms with Crippen LogP contribution < -0.4 is 0 Å². The van der Waals surface area contributed by atoms with E-state index in [-0.39, 0.29) is 0 Å². The SMILES string of the molecule is S=c1ncc2c([nH]1)CCN(Cc1ccccc1Br)C2. The van der Waals surface area contributed by atoms with Gasteiger partial charge in [0.05, 0.1) is 0 Å². The Hall–Kier alpha value is -1.04. The highest BCUT2D eigenvalue weighted by Crippen LogP contribution is 2.22. The van der Waals surface area contributed by atoms with Crippen molar-refractivity contribution in [3.8, 4) is 0 Å². The second-order valence-corrected chi connectivity index (χ2v) is 5.99. The number of benzene rings is 1. The molecule has 3 nitrogen and oxygen atoms in total. The van der Waals surface area contributed by atoms with E-state index < -0.39 is 0 Å². The second-order valence-electron chi connectivity index (χ2n) is 4.74. The Morgan fingerprint density at radius 2 is 2.21 bits per heavy atom. The van der Waals surface area contributed by atoms with Crippen molar-refractivity contribution >= 4 is 28.1 Å². The molecule has 1 aromatic heterocycles. The molecule has 1 aliphatic rings. The first-order chi connectivity index (χ1) is 9.22. The van der Waals surface area contributed by atoms with Crippen molar-refractivity contribution in [2.45, 2.75) is 19.5 Å². The van der Waals surface area contributed by atoms with Gasteiger partial charge in [0.1, 0.15) is 0 Å². The van der Waals surface area contributed by atoms with E-state index >= 15 is 0 Å². The zero-order valence-electron chi connectivity index (χ0n) is 10.4. The maximum absolute atomic E-state index is 5.06. The van der Waals surface area contributed by atoms with Gasteiger partial charge in [-0.15, -0.1) is 0 Å². The summed E-state index contributed by atoms with van der Waals surface area (Å²) < 4.78 is 1.75. The third-order valence-corrected chi connectivity index (χ3v) is 4.39. The molecular weight excluding hydrogens is 322 g/mol. The third kappa shape index (κ3) is 2.94. The molecule has 0 bridgehead atoms. The molecule has 0 amide bonds. The smallest absolute Gasteiger partial charge is 0.196 e. The Kier molecular flexibility index (Phi) is 3.77. The van der Waals surface area contributed by atoms with Crippen LogP contribution in [0.3, 0.4) is 0 Å². The van der Waals surface area contributed by atoms with Crippen LogP contribution in [0.1, 0.15) is 16.8 Å². The molecular formula is C14H14BrN3S. The van der Waals surface area contributed by atoms with E-state index in [1.165, 1.54) is 21.3 Å². The van der Waals surface area contributed by atoms with Crippen molar-refractivity contribution in [3.63, 3.8) is 0 Å². The van der Waals surface area contributed by atoms with Gasteiger partial charge in [0.2, 0.25) is 0 Å². The molecule has 0 saturated heterocycles. The zero-order valence-corrected chi connectivity index (χ0v) is 12.8. The number of aromatic amines is 1. The predicted molar refractivity (Wildman–Crippen MR) is 81.4 cm³/mol. The van der Waals surface area contributed by atoms with Gasteiger partial charge in [-0.3, -0.25) is 4.90 Å². The van der Waals surface area contributed by atoms with Crippen molar-refractivity contribution in [2.24, 2.45) is 0 Å². The summed E-state index contributed by atoms with van der Waals surface area (Å²) >= 11 is 8.67. The Bertz CT molecular complexity index is 653. The third-order valence-electron chi connectivity index (χ3n) is 3.41. The first-order valence-electron chi connectivity index (χ1n) is 6.25. The quantitative estimate of drug-likeness (QED) is 0.853. The van der Waals surface area contributed by atoms with Gasteiger partial charge in [-0.1, -0.05) is 34.1 Å². The molecule has 5 heteroatoms. The average Bonchev–Trinajstić information content (AvgIpc) is 2.41. The summed E-state index contributed by atoms with van der Waals surface area (Å²) in [5.74, 6) is 0. The van der Waals surface area contributed by atoms with Gasteiger partial charge in [-0.05, 0) is 23.8 Å². The van der Waals surface area contributed by atoms with Crippen LogP contribution in [0.15, 0.2) is 34.9 Å². The van der Waals surface area contributed by atoms with Gasteiger partial charge in [0.25, 0.3) is 0 Å². The number of H-pyrrole nitrogens is 1. The fraction of sp³-hybridized carbons (Fsp3) is 0.286. The van der Waals surface area contributed by atoms with Gasteiger partial charge >= 0.3 is 0 Å². The van der Waals surface area contributed by atoms with Crippen LogP contribution in [-0.4, -0.2) is 21.4 Å². The number of rotatable bonds is 2. The fourth-order valence-electron chi connectivity index (χ4n) is 2.41. The normalized spacial score (nSPS) is 15.2. The molecule has 0 unspecified atom stereocenters. The minimum atomic E-state index is 0.581. The van der Waals surface area contributed by atoms with E-state index in [9.17, 15) is 0 Å². The first-order valence-corrected chi connectivity index (χ1v) is 7.45. The largest absolute Gasteiger partial charge is 0.334 e. The number of aromatic nitrogens is 2. The lowest BCUT2D eigenvalue weighted by molar-refractivity contribution is 0.242. The maximum atomic E-state index is 5.06. The summed E-state index contributed by atoms with van der Waals surface area (Å²) in [5.41, 5.74) is 3.82. The van der Waals surface area contributed by atoms with Crippen molar-refractivity contribution in [1.82, 2.24) is 14.9 Å². The average molecular weight is 336 g/mol. The maximum Gasteiger partial charge on any atom is 0.196 e. The number of hydrogen-bond donors (Lipinski definition) is 1. The van der Waals surface area contributed by atoms with Crippen LogP contribution in [0.5, 0.6) is 0 Å². The Balaban J connectivity index is 1.78. The molecule has 2 heterocycles. The monoisotopic (exact) mass is 335 g/mol. The highest BCUT2D eigenvalue weighted by atomic mass is 79.9. The van der Waals surface area contributed by atoms with Crippen LogP contribution >= 0.6 is 28.1 Å². The molecule has 98 valence electrons. The molecule has 0 aliphatic carbocycles. The van der Waals surface area contributed by atoms with Crippen LogP contribution in [0.4, 0.5) is 0 Å². The van der Waals surface area contributed by atoms with Gasteiger partial charge in [0.15, 0.2) is 4.77 Å². The summed E-state index contributed by atoms with van der Waals surface area (Å²) in [5, 5.41) is 0. The van der Waals surface area contributed by atoms with Crippen LogP contribution in [0.2, 0.25) is 0 Å². The van der Waals surface area contributed by atoms with Crippen molar-refractivity contribution in [1.29, 1.82) is 0 Å². The topological polar surface area (TPSA) is 31.9 Å². The molecule has 19 heavy (non-hydrogen) atoms. The molecule has 0 spiro atoms. The number of fused-ring (bicyclic) bond motifs is 1. The second kappa shape index (κ2) is 5.53. The van der Waals surface area contributed by atoms with Gasteiger partial charge < -0.3 is 4.98 Å². The molecule has 1 N–H and O–H groups in total. The standard InChI is InChI=1S/C14H14BrN3S/c15-12-4-2-1-3-10(12)8-18-6-5-13-11(9-18)7-16-14(19)17-13/h1-4,7H,5-6,8-9H2,(H,16,17,19). The van der Waals surface area contributed by atoms with E-state index in [1.54, 1.807) is 0 Å². The highest BCUT2D eigenvalue weighted by molar-refractivity contribution is 9.10. The van der Waals surface area contributed by atoms with Gasteiger partial charge in [-0.25, -0.2) is 4.98 Å². The Labute approximate surface area is 125 Å². The van der Waals surface area contributed by atoms with Crippen LogP contribution in [0.25, 0.3) is 0 Å². The Morgan fingerprint density at radius 3 is 3.05 bits per heavy atom. The zero-order chi connectivity index (χ0) is 13.2. The number of halogens is 1. The lowest BCUT2D eigenvalue weighted by atomic mass is 10.1.